The molecule has 1 saturated carbocycles. The van der Waals surface area contributed by atoms with E-state index in [0.29, 0.717) is 0 Å². The largest absolute Gasteiger partial charge is 0.487 e. The summed E-state index contributed by atoms with van der Waals surface area (Å²) in [4.78, 5) is 0. The van der Waals surface area contributed by atoms with Crippen LogP contribution in [0.3, 0.4) is 0 Å². The number of fused-ring (bicyclic) bond motifs is 1. The van der Waals surface area contributed by atoms with Gasteiger partial charge in [0.25, 0.3) is 0 Å². The molecule has 0 saturated heterocycles. The van der Waals surface area contributed by atoms with Gasteiger partial charge >= 0.3 is 0 Å². The Morgan fingerprint density at radius 2 is 2.20 bits per heavy atom. The Kier molecular flexibility index (Phi) is 2.08. The maximum atomic E-state index is 6.20. The molecule has 0 amide bonds. The molecule has 1 spiro atoms. The molecule has 1 aliphatic carbocycles. The summed E-state index contributed by atoms with van der Waals surface area (Å²) in [6.45, 7) is 0. The second-order valence-corrected chi connectivity index (χ2v) is 5.55. The van der Waals surface area contributed by atoms with Crippen LogP contribution in [-0.4, -0.2) is 5.60 Å². The van der Waals surface area contributed by atoms with Crippen LogP contribution in [0.25, 0.3) is 0 Å². The predicted molar refractivity (Wildman–Crippen MR) is 62.9 cm³/mol. The summed E-state index contributed by atoms with van der Waals surface area (Å²) in [7, 11) is 0. The molecule has 2 nitrogen and oxygen atoms in total. The van der Waals surface area contributed by atoms with E-state index in [-0.39, 0.29) is 11.6 Å². The maximum absolute atomic E-state index is 6.20. The summed E-state index contributed by atoms with van der Waals surface area (Å²) >= 11 is 3.47. The third-order valence-electron chi connectivity index (χ3n) is 3.55. The molecule has 1 aromatic rings. The van der Waals surface area contributed by atoms with E-state index in [1.54, 1.807) is 0 Å². The van der Waals surface area contributed by atoms with Crippen molar-refractivity contribution in [3.05, 3.63) is 28.2 Å². The van der Waals surface area contributed by atoms with Gasteiger partial charge in [-0.1, -0.05) is 15.9 Å². The summed E-state index contributed by atoms with van der Waals surface area (Å²) in [5.41, 5.74) is 7.41. The monoisotopic (exact) mass is 267 g/mol. The Hall–Kier alpha value is -0.540. The van der Waals surface area contributed by atoms with Crippen molar-refractivity contribution in [3.63, 3.8) is 0 Å². The first kappa shape index (κ1) is 9.67. The molecule has 1 heterocycles. The van der Waals surface area contributed by atoms with E-state index in [1.165, 1.54) is 6.42 Å². The van der Waals surface area contributed by atoms with Crippen molar-refractivity contribution in [2.75, 3.05) is 0 Å². The Morgan fingerprint density at radius 1 is 1.40 bits per heavy atom. The van der Waals surface area contributed by atoms with Gasteiger partial charge in [-0.05, 0) is 37.5 Å². The van der Waals surface area contributed by atoms with E-state index in [2.05, 4.69) is 22.0 Å². The molecule has 2 N–H and O–H groups in total. The van der Waals surface area contributed by atoms with E-state index in [4.69, 9.17) is 10.5 Å². The Balaban J connectivity index is 2.01. The third kappa shape index (κ3) is 1.49. The van der Waals surface area contributed by atoms with E-state index in [9.17, 15) is 0 Å². The van der Waals surface area contributed by atoms with Crippen LogP contribution in [0.2, 0.25) is 0 Å². The van der Waals surface area contributed by atoms with Crippen LogP contribution in [0.5, 0.6) is 5.75 Å². The first-order valence-electron chi connectivity index (χ1n) is 5.43. The van der Waals surface area contributed by atoms with Crippen molar-refractivity contribution in [2.45, 2.75) is 37.3 Å². The zero-order chi connectivity index (χ0) is 10.5. The van der Waals surface area contributed by atoms with Crippen LogP contribution < -0.4 is 10.5 Å². The SMILES string of the molecule is NC1CC2(CCC2)Oc2ccc(Br)cc21. The normalized spacial score (nSPS) is 26.7. The number of nitrogens with two attached hydrogens (primary N) is 1. The Labute approximate surface area is 97.9 Å². The molecular formula is C12H14BrNO. The van der Waals surface area contributed by atoms with Crippen molar-refractivity contribution in [1.82, 2.24) is 0 Å². The topological polar surface area (TPSA) is 35.2 Å². The first-order chi connectivity index (χ1) is 7.19. The highest BCUT2D eigenvalue weighted by Gasteiger charge is 2.44. The minimum Gasteiger partial charge on any atom is -0.487 e. The minimum atomic E-state index is 0.0697. The van der Waals surface area contributed by atoms with Gasteiger partial charge in [-0.2, -0.15) is 0 Å². The number of rotatable bonds is 0. The van der Waals surface area contributed by atoms with Crippen LogP contribution in [0.4, 0.5) is 0 Å². The molecule has 1 unspecified atom stereocenters. The summed E-state index contributed by atoms with van der Waals surface area (Å²) in [5.74, 6) is 0.983. The van der Waals surface area contributed by atoms with Crippen molar-refractivity contribution in [2.24, 2.45) is 5.73 Å². The number of benzene rings is 1. The van der Waals surface area contributed by atoms with Gasteiger partial charge in [-0.3, -0.25) is 0 Å². The van der Waals surface area contributed by atoms with Gasteiger partial charge in [0.05, 0.1) is 0 Å². The molecule has 80 valence electrons. The lowest BCUT2D eigenvalue weighted by atomic mass is 9.73. The molecular weight excluding hydrogens is 254 g/mol. The maximum Gasteiger partial charge on any atom is 0.124 e. The fourth-order valence-corrected chi connectivity index (χ4v) is 2.94. The third-order valence-corrected chi connectivity index (χ3v) is 4.05. The van der Waals surface area contributed by atoms with Crippen molar-refractivity contribution >= 4 is 15.9 Å². The molecule has 0 radical (unpaired) electrons. The molecule has 0 bridgehead atoms. The quantitative estimate of drug-likeness (QED) is 0.784. The summed E-state index contributed by atoms with van der Waals surface area (Å²) in [6, 6.07) is 6.25. The molecule has 3 heteroatoms. The second-order valence-electron chi connectivity index (χ2n) is 4.63. The minimum absolute atomic E-state index is 0.0697. The molecule has 1 fully saturated rings. The van der Waals surface area contributed by atoms with E-state index >= 15 is 0 Å². The van der Waals surface area contributed by atoms with Gasteiger partial charge in [0.15, 0.2) is 0 Å². The zero-order valence-corrected chi connectivity index (χ0v) is 10.1. The van der Waals surface area contributed by atoms with Crippen LogP contribution in [0, 0.1) is 0 Å². The molecule has 1 atom stereocenters. The van der Waals surface area contributed by atoms with Crippen molar-refractivity contribution in [1.29, 1.82) is 0 Å². The van der Waals surface area contributed by atoms with Crippen LogP contribution in [0.15, 0.2) is 22.7 Å². The van der Waals surface area contributed by atoms with E-state index in [0.717, 1.165) is 35.0 Å². The average Bonchev–Trinajstić information content (AvgIpc) is 2.16. The predicted octanol–water partition coefficient (Wildman–Crippen LogP) is 3.15. The fourth-order valence-electron chi connectivity index (χ4n) is 2.56. The lowest BCUT2D eigenvalue weighted by Crippen LogP contribution is -2.48. The lowest BCUT2D eigenvalue weighted by molar-refractivity contribution is -0.0329. The summed E-state index contributed by atoms with van der Waals surface area (Å²) in [6.07, 6.45) is 4.57. The Morgan fingerprint density at radius 3 is 2.87 bits per heavy atom. The van der Waals surface area contributed by atoms with Gasteiger partial charge in [0.2, 0.25) is 0 Å². The summed E-state index contributed by atoms with van der Waals surface area (Å²) in [5, 5.41) is 0. The molecule has 3 rings (SSSR count). The van der Waals surface area contributed by atoms with E-state index in [1.807, 2.05) is 12.1 Å². The first-order valence-corrected chi connectivity index (χ1v) is 6.22. The standard InChI is InChI=1S/C12H14BrNO/c13-8-2-3-11-9(6-8)10(14)7-12(15-11)4-1-5-12/h2-3,6,10H,1,4-5,7,14H2. The van der Waals surface area contributed by atoms with Crippen LogP contribution in [0.1, 0.15) is 37.3 Å². The van der Waals surface area contributed by atoms with Crippen molar-refractivity contribution < 1.29 is 4.74 Å². The molecule has 1 aliphatic heterocycles. The Bertz CT molecular complexity index is 401. The van der Waals surface area contributed by atoms with Crippen LogP contribution in [-0.2, 0) is 0 Å². The number of hydrogen-bond donors (Lipinski definition) is 1. The average molecular weight is 268 g/mol. The van der Waals surface area contributed by atoms with E-state index < -0.39 is 0 Å². The van der Waals surface area contributed by atoms with Gasteiger partial charge < -0.3 is 10.5 Å². The fraction of sp³-hybridized carbons (Fsp3) is 0.500. The molecule has 2 aliphatic rings. The van der Waals surface area contributed by atoms with Crippen LogP contribution >= 0.6 is 15.9 Å². The van der Waals surface area contributed by atoms with Gasteiger partial charge in [-0.25, -0.2) is 0 Å². The van der Waals surface area contributed by atoms with Gasteiger partial charge in [-0.15, -0.1) is 0 Å². The van der Waals surface area contributed by atoms with Gasteiger partial charge in [0, 0.05) is 22.5 Å². The number of halogens is 1. The highest BCUT2D eigenvalue weighted by Crippen LogP contribution is 2.48. The van der Waals surface area contributed by atoms with Gasteiger partial charge in [0.1, 0.15) is 11.4 Å². The lowest BCUT2D eigenvalue weighted by Gasteiger charge is -2.47. The smallest absolute Gasteiger partial charge is 0.124 e. The molecule has 0 aromatic heterocycles. The summed E-state index contributed by atoms with van der Waals surface area (Å²) < 4.78 is 7.15. The highest BCUT2D eigenvalue weighted by molar-refractivity contribution is 9.10. The number of hydrogen-bond acceptors (Lipinski definition) is 2. The molecule has 1 aromatic carbocycles. The zero-order valence-electron chi connectivity index (χ0n) is 8.50. The van der Waals surface area contributed by atoms with Crippen molar-refractivity contribution in [3.8, 4) is 5.75 Å². The number of ether oxygens (including phenoxy) is 1. The highest BCUT2D eigenvalue weighted by atomic mass is 79.9. The molecule has 15 heavy (non-hydrogen) atoms. The second kappa shape index (κ2) is 3.22.